The summed E-state index contributed by atoms with van der Waals surface area (Å²) >= 11 is 0. The maximum atomic E-state index is 12.1. The van der Waals surface area contributed by atoms with Crippen LogP contribution < -0.4 is 0 Å². The number of ketones is 1. The number of phenolic OH excluding ortho intramolecular Hbond substituents is 1. The Balaban J connectivity index is 2.45. The molecular weight excluding hydrogens is 228 g/mol. The van der Waals surface area contributed by atoms with E-state index in [0.717, 1.165) is 5.56 Å². The number of hydrogen-bond donors (Lipinski definition) is 1. The molecule has 1 aromatic heterocycles. The van der Waals surface area contributed by atoms with E-state index in [1.807, 2.05) is 20.8 Å². The fourth-order valence-electron chi connectivity index (χ4n) is 1.83. The van der Waals surface area contributed by atoms with Crippen LogP contribution in [-0.2, 0) is 5.41 Å². The van der Waals surface area contributed by atoms with Crippen LogP contribution in [0.3, 0.4) is 0 Å². The summed E-state index contributed by atoms with van der Waals surface area (Å²) in [5, 5.41) is 9.85. The van der Waals surface area contributed by atoms with Crippen molar-refractivity contribution >= 4 is 5.78 Å². The Morgan fingerprint density at radius 2 is 1.94 bits per heavy atom. The molecule has 3 nitrogen and oxygen atoms in total. The minimum absolute atomic E-state index is 0.175. The van der Waals surface area contributed by atoms with E-state index in [0.29, 0.717) is 11.3 Å². The first-order valence-electron chi connectivity index (χ1n) is 5.81. The average Bonchev–Trinajstić information content (AvgIpc) is 2.80. The van der Waals surface area contributed by atoms with E-state index in [1.54, 1.807) is 30.3 Å². The zero-order valence-electron chi connectivity index (χ0n) is 10.7. The van der Waals surface area contributed by atoms with Gasteiger partial charge in [-0.25, -0.2) is 0 Å². The Morgan fingerprint density at radius 1 is 1.22 bits per heavy atom. The van der Waals surface area contributed by atoms with E-state index in [9.17, 15) is 9.90 Å². The van der Waals surface area contributed by atoms with Crippen molar-refractivity contribution in [1.82, 2.24) is 0 Å². The molecular formula is C15H16O3. The van der Waals surface area contributed by atoms with Crippen LogP contribution in [0, 0.1) is 0 Å². The fraction of sp³-hybridized carbons (Fsp3) is 0.267. The summed E-state index contributed by atoms with van der Waals surface area (Å²) in [6, 6.07) is 8.19. The predicted octanol–water partition coefficient (Wildman–Crippen LogP) is 3.51. The Hall–Kier alpha value is -2.03. The molecule has 0 aliphatic rings. The molecule has 0 unspecified atom stereocenters. The van der Waals surface area contributed by atoms with Gasteiger partial charge in [0.1, 0.15) is 5.75 Å². The molecule has 1 aromatic carbocycles. The predicted molar refractivity (Wildman–Crippen MR) is 68.9 cm³/mol. The van der Waals surface area contributed by atoms with E-state index < -0.39 is 0 Å². The van der Waals surface area contributed by atoms with Gasteiger partial charge in [0.15, 0.2) is 5.76 Å². The molecule has 0 saturated carbocycles. The number of benzene rings is 1. The third-order valence-electron chi connectivity index (χ3n) is 2.81. The third kappa shape index (κ3) is 2.30. The highest BCUT2D eigenvalue weighted by Gasteiger charge is 2.21. The normalized spacial score (nSPS) is 11.5. The van der Waals surface area contributed by atoms with Gasteiger partial charge in [0, 0.05) is 5.56 Å². The number of phenols is 1. The average molecular weight is 244 g/mol. The standard InChI is InChI=1S/C15H16O3/c1-15(2,3)11-9-10(6-7-12(11)16)14(17)13-5-4-8-18-13/h4-9,16H,1-3H3. The Labute approximate surface area is 106 Å². The van der Waals surface area contributed by atoms with E-state index in [-0.39, 0.29) is 16.9 Å². The largest absolute Gasteiger partial charge is 0.508 e. The topological polar surface area (TPSA) is 50.4 Å². The molecule has 3 heteroatoms. The number of carbonyl (C=O) groups excluding carboxylic acids is 1. The first-order valence-corrected chi connectivity index (χ1v) is 5.81. The molecule has 94 valence electrons. The molecule has 1 N–H and O–H groups in total. The summed E-state index contributed by atoms with van der Waals surface area (Å²) in [5.41, 5.74) is 1.05. The van der Waals surface area contributed by atoms with Gasteiger partial charge < -0.3 is 9.52 Å². The lowest BCUT2D eigenvalue weighted by atomic mass is 9.85. The monoisotopic (exact) mass is 244 g/mol. The Morgan fingerprint density at radius 3 is 2.50 bits per heavy atom. The highest BCUT2D eigenvalue weighted by atomic mass is 16.3. The summed E-state index contributed by atoms with van der Waals surface area (Å²) in [7, 11) is 0. The van der Waals surface area contributed by atoms with Crippen molar-refractivity contribution in [3.05, 3.63) is 53.5 Å². The van der Waals surface area contributed by atoms with Gasteiger partial charge in [0.05, 0.1) is 6.26 Å². The number of aromatic hydroxyl groups is 1. The second-order valence-corrected chi connectivity index (χ2v) is 5.29. The SMILES string of the molecule is CC(C)(C)c1cc(C(=O)c2ccco2)ccc1O. The molecule has 0 fully saturated rings. The van der Waals surface area contributed by atoms with E-state index in [2.05, 4.69) is 0 Å². The quantitative estimate of drug-likeness (QED) is 0.822. The molecule has 2 aromatic rings. The number of carbonyl (C=O) groups is 1. The van der Waals surface area contributed by atoms with Crippen LogP contribution in [0.15, 0.2) is 41.0 Å². The smallest absolute Gasteiger partial charge is 0.228 e. The molecule has 0 atom stereocenters. The van der Waals surface area contributed by atoms with E-state index in [1.165, 1.54) is 6.26 Å². The molecule has 0 saturated heterocycles. The molecule has 0 aliphatic carbocycles. The van der Waals surface area contributed by atoms with Gasteiger partial charge in [-0.15, -0.1) is 0 Å². The molecule has 2 rings (SSSR count). The molecule has 18 heavy (non-hydrogen) atoms. The fourth-order valence-corrected chi connectivity index (χ4v) is 1.83. The minimum Gasteiger partial charge on any atom is -0.508 e. The van der Waals surface area contributed by atoms with Gasteiger partial charge in [0.25, 0.3) is 0 Å². The van der Waals surface area contributed by atoms with Gasteiger partial charge in [-0.1, -0.05) is 20.8 Å². The van der Waals surface area contributed by atoms with Crippen molar-refractivity contribution in [1.29, 1.82) is 0 Å². The maximum Gasteiger partial charge on any atom is 0.228 e. The van der Waals surface area contributed by atoms with Crippen LogP contribution in [0.25, 0.3) is 0 Å². The molecule has 1 heterocycles. The zero-order chi connectivity index (χ0) is 13.3. The maximum absolute atomic E-state index is 12.1. The van der Waals surface area contributed by atoms with Crippen LogP contribution >= 0.6 is 0 Å². The Kier molecular flexibility index (Phi) is 2.99. The van der Waals surface area contributed by atoms with Crippen LogP contribution in [0.2, 0.25) is 0 Å². The van der Waals surface area contributed by atoms with Gasteiger partial charge in [-0.05, 0) is 41.3 Å². The molecule has 0 amide bonds. The number of rotatable bonds is 2. The van der Waals surface area contributed by atoms with Crippen LogP contribution in [0.1, 0.15) is 42.5 Å². The van der Waals surface area contributed by atoms with Crippen molar-refractivity contribution in [3.63, 3.8) is 0 Å². The summed E-state index contributed by atoms with van der Waals surface area (Å²) in [5.74, 6) is 0.338. The van der Waals surface area contributed by atoms with E-state index >= 15 is 0 Å². The van der Waals surface area contributed by atoms with Crippen LogP contribution in [-0.4, -0.2) is 10.9 Å². The lowest BCUT2D eigenvalue weighted by Crippen LogP contribution is -2.13. The van der Waals surface area contributed by atoms with Gasteiger partial charge in [-0.3, -0.25) is 4.79 Å². The lowest BCUT2D eigenvalue weighted by Gasteiger charge is -2.20. The van der Waals surface area contributed by atoms with Gasteiger partial charge in [-0.2, -0.15) is 0 Å². The second-order valence-electron chi connectivity index (χ2n) is 5.29. The second kappa shape index (κ2) is 4.33. The zero-order valence-corrected chi connectivity index (χ0v) is 10.7. The molecule has 0 aliphatic heterocycles. The van der Waals surface area contributed by atoms with Gasteiger partial charge >= 0.3 is 0 Å². The molecule has 0 radical (unpaired) electrons. The van der Waals surface area contributed by atoms with Gasteiger partial charge in [0.2, 0.25) is 5.78 Å². The van der Waals surface area contributed by atoms with E-state index in [4.69, 9.17) is 4.42 Å². The number of furan rings is 1. The number of hydrogen-bond acceptors (Lipinski definition) is 3. The van der Waals surface area contributed by atoms with Crippen molar-refractivity contribution < 1.29 is 14.3 Å². The van der Waals surface area contributed by atoms with Crippen molar-refractivity contribution in [3.8, 4) is 5.75 Å². The summed E-state index contributed by atoms with van der Waals surface area (Å²) in [4.78, 5) is 12.1. The lowest BCUT2D eigenvalue weighted by molar-refractivity contribution is 0.101. The Bertz CT molecular complexity index is 560. The highest BCUT2D eigenvalue weighted by molar-refractivity contribution is 6.07. The highest BCUT2D eigenvalue weighted by Crippen LogP contribution is 2.31. The third-order valence-corrected chi connectivity index (χ3v) is 2.81. The molecule has 0 spiro atoms. The van der Waals surface area contributed by atoms with Crippen molar-refractivity contribution in [2.75, 3.05) is 0 Å². The molecule has 0 bridgehead atoms. The first kappa shape index (κ1) is 12.4. The van der Waals surface area contributed by atoms with Crippen LogP contribution in [0.5, 0.6) is 5.75 Å². The summed E-state index contributed by atoms with van der Waals surface area (Å²) in [6.45, 7) is 5.97. The van der Waals surface area contributed by atoms with Crippen molar-refractivity contribution in [2.24, 2.45) is 0 Å². The first-order chi connectivity index (χ1) is 8.39. The van der Waals surface area contributed by atoms with Crippen molar-refractivity contribution in [2.45, 2.75) is 26.2 Å². The van der Waals surface area contributed by atoms with Crippen LogP contribution in [0.4, 0.5) is 0 Å². The summed E-state index contributed by atoms with van der Waals surface area (Å²) < 4.78 is 5.09. The minimum atomic E-state index is -0.219. The summed E-state index contributed by atoms with van der Waals surface area (Å²) in [6.07, 6.45) is 1.47.